The van der Waals surface area contributed by atoms with Gasteiger partial charge in [0.15, 0.2) is 5.96 Å². The molecular weight excluding hydrogens is 300 g/mol. The van der Waals surface area contributed by atoms with E-state index in [9.17, 15) is 0 Å². The van der Waals surface area contributed by atoms with E-state index in [1.807, 2.05) is 30.2 Å². The molecule has 0 saturated heterocycles. The molecule has 0 saturated carbocycles. The molecule has 1 atom stereocenters. The van der Waals surface area contributed by atoms with Crippen LogP contribution in [0.4, 0.5) is 0 Å². The van der Waals surface area contributed by atoms with Crippen molar-refractivity contribution in [1.82, 2.24) is 25.3 Å². The summed E-state index contributed by atoms with van der Waals surface area (Å²) in [5, 5.41) is 11.1. The number of nitrogens with zero attached hydrogens (tertiary/aromatic N) is 4. The molecule has 6 heteroatoms. The molecule has 6 nitrogen and oxygen atoms in total. The Balaban J connectivity index is 2.36. The molecule has 0 fully saturated rings. The highest BCUT2D eigenvalue weighted by Gasteiger charge is 2.17. The number of hydrogen-bond acceptors (Lipinski definition) is 3. The first-order valence-electron chi connectivity index (χ1n) is 9.26. The van der Waals surface area contributed by atoms with Crippen LogP contribution in [0.2, 0.25) is 0 Å². The molecule has 1 aromatic heterocycles. The minimum Gasteiger partial charge on any atom is -0.356 e. The molecule has 1 rings (SSSR count). The van der Waals surface area contributed by atoms with E-state index >= 15 is 0 Å². The van der Waals surface area contributed by atoms with Gasteiger partial charge in [-0.3, -0.25) is 14.6 Å². The zero-order chi connectivity index (χ0) is 17.8. The summed E-state index contributed by atoms with van der Waals surface area (Å²) < 4.78 is 1.96. The number of nitrogens with one attached hydrogen (secondary N) is 2. The smallest absolute Gasteiger partial charge is 0.191 e. The van der Waals surface area contributed by atoms with Crippen LogP contribution in [0.1, 0.15) is 40.5 Å². The summed E-state index contributed by atoms with van der Waals surface area (Å²) in [6.45, 7) is 14.0. The van der Waals surface area contributed by atoms with Gasteiger partial charge in [0.2, 0.25) is 0 Å². The average molecular weight is 337 g/mol. The third-order valence-electron chi connectivity index (χ3n) is 4.22. The number of guanidine groups is 1. The monoisotopic (exact) mass is 336 g/mol. The standard InChI is InChI=1S/C18H36N6/c1-6-23(7-2)17(14-16(3)4)15-21-18(19-5)20-10-8-12-24-13-9-11-22-24/h9,11,13,16-17H,6-8,10,12,14-15H2,1-5H3,(H2,19,20,21). The molecule has 1 heterocycles. The lowest BCUT2D eigenvalue weighted by Crippen LogP contribution is -2.47. The van der Waals surface area contributed by atoms with Gasteiger partial charge in [-0.15, -0.1) is 0 Å². The van der Waals surface area contributed by atoms with E-state index in [1.54, 1.807) is 0 Å². The van der Waals surface area contributed by atoms with Gasteiger partial charge < -0.3 is 10.6 Å². The molecule has 1 unspecified atom stereocenters. The molecule has 0 aliphatic carbocycles. The molecular formula is C18H36N6. The maximum Gasteiger partial charge on any atom is 0.191 e. The zero-order valence-electron chi connectivity index (χ0n) is 16.1. The Hall–Kier alpha value is -1.56. The second-order valence-electron chi connectivity index (χ2n) is 6.51. The Bertz CT molecular complexity index is 436. The Morgan fingerprint density at radius 2 is 2.00 bits per heavy atom. The SMILES string of the molecule is CCN(CC)C(CNC(=NC)NCCCn1cccn1)CC(C)C. The Morgan fingerprint density at radius 3 is 2.54 bits per heavy atom. The molecule has 0 spiro atoms. The summed E-state index contributed by atoms with van der Waals surface area (Å²) in [4.78, 5) is 6.86. The van der Waals surface area contributed by atoms with Gasteiger partial charge in [-0.2, -0.15) is 5.10 Å². The third-order valence-corrected chi connectivity index (χ3v) is 4.22. The second kappa shape index (κ2) is 11.9. The summed E-state index contributed by atoms with van der Waals surface area (Å²) in [7, 11) is 1.83. The van der Waals surface area contributed by atoms with Crippen molar-refractivity contribution >= 4 is 5.96 Å². The summed E-state index contributed by atoms with van der Waals surface area (Å²) in [6.07, 6.45) is 6.03. The summed E-state index contributed by atoms with van der Waals surface area (Å²) in [6, 6.07) is 2.50. The fourth-order valence-electron chi connectivity index (χ4n) is 2.96. The fraction of sp³-hybridized carbons (Fsp3) is 0.778. The Morgan fingerprint density at radius 1 is 1.25 bits per heavy atom. The molecule has 0 radical (unpaired) electrons. The molecule has 1 aromatic rings. The topological polar surface area (TPSA) is 57.5 Å². The van der Waals surface area contributed by atoms with Crippen LogP contribution in [0, 0.1) is 5.92 Å². The van der Waals surface area contributed by atoms with Gasteiger partial charge >= 0.3 is 0 Å². The van der Waals surface area contributed by atoms with Crippen molar-refractivity contribution in [1.29, 1.82) is 0 Å². The number of rotatable bonds is 11. The van der Waals surface area contributed by atoms with Crippen molar-refractivity contribution in [2.45, 2.75) is 53.1 Å². The first kappa shape index (κ1) is 20.5. The van der Waals surface area contributed by atoms with Crippen molar-refractivity contribution in [3.8, 4) is 0 Å². The first-order chi connectivity index (χ1) is 11.6. The van der Waals surface area contributed by atoms with Crippen LogP contribution in [0.3, 0.4) is 0 Å². The number of aliphatic imine (C=N–C) groups is 1. The molecule has 0 amide bonds. The van der Waals surface area contributed by atoms with Crippen LogP contribution >= 0.6 is 0 Å². The number of aryl methyl sites for hydroxylation is 1. The lowest BCUT2D eigenvalue weighted by Gasteiger charge is -2.31. The van der Waals surface area contributed by atoms with Crippen LogP contribution in [0.15, 0.2) is 23.5 Å². The van der Waals surface area contributed by atoms with Crippen molar-refractivity contribution in [2.75, 3.05) is 33.2 Å². The number of likely N-dealkylation sites (N-methyl/N-ethyl adjacent to an activating group) is 1. The number of aromatic nitrogens is 2. The predicted octanol–water partition coefficient (Wildman–Crippen LogP) is 2.19. The molecule has 138 valence electrons. The van der Waals surface area contributed by atoms with E-state index in [0.29, 0.717) is 12.0 Å². The molecule has 0 aliphatic rings. The van der Waals surface area contributed by atoms with Crippen molar-refractivity contribution in [3.05, 3.63) is 18.5 Å². The van der Waals surface area contributed by atoms with Crippen LogP contribution in [-0.2, 0) is 6.54 Å². The average Bonchev–Trinajstić information content (AvgIpc) is 3.07. The van der Waals surface area contributed by atoms with E-state index < -0.39 is 0 Å². The van der Waals surface area contributed by atoms with Gasteiger partial charge in [0.25, 0.3) is 0 Å². The molecule has 0 aliphatic heterocycles. The zero-order valence-corrected chi connectivity index (χ0v) is 16.1. The number of hydrogen-bond donors (Lipinski definition) is 2. The van der Waals surface area contributed by atoms with Crippen LogP contribution in [0.5, 0.6) is 0 Å². The van der Waals surface area contributed by atoms with Crippen LogP contribution < -0.4 is 10.6 Å². The van der Waals surface area contributed by atoms with Gasteiger partial charge in [0, 0.05) is 45.1 Å². The highest BCUT2D eigenvalue weighted by molar-refractivity contribution is 5.79. The van der Waals surface area contributed by atoms with Gasteiger partial charge in [-0.05, 0) is 37.9 Å². The predicted molar refractivity (Wildman–Crippen MR) is 102 cm³/mol. The first-order valence-corrected chi connectivity index (χ1v) is 9.26. The fourth-order valence-corrected chi connectivity index (χ4v) is 2.96. The highest BCUT2D eigenvalue weighted by atomic mass is 15.3. The summed E-state index contributed by atoms with van der Waals surface area (Å²) >= 11 is 0. The van der Waals surface area contributed by atoms with E-state index in [2.05, 4.69) is 53.3 Å². The third kappa shape index (κ3) is 7.81. The lowest BCUT2D eigenvalue weighted by molar-refractivity contribution is 0.191. The van der Waals surface area contributed by atoms with Gasteiger partial charge in [-0.1, -0.05) is 27.7 Å². The van der Waals surface area contributed by atoms with E-state index in [0.717, 1.165) is 45.1 Å². The lowest BCUT2D eigenvalue weighted by atomic mass is 10.0. The molecule has 2 N–H and O–H groups in total. The van der Waals surface area contributed by atoms with Crippen LogP contribution in [0.25, 0.3) is 0 Å². The van der Waals surface area contributed by atoms with Crippen molar-refractivity contribution < 1.29 is 0 Å². The summed E-state index contributed by atoms with van der Waals surface area (Å²) in [5.41, 5.74) is 0. The quantitative estimate of drug-likeness (QED) is 0.369. The minimum absolute atomic E-state index is 0.544. The van der Waals surface area contributed by atoms with Crippen molar-refractivity contribution in [3.63, 3.8) is 0 Å². The molecule has 0 bridgehead atoms. The normalized spacial score (nSPS) is 13.5. The van der Waals surface area contributed by atoms with E-state index in [4.69, 9.17) is 0 Å². The largest absolute Gasteiger partial charge is 0.356 e. The van der Waals surface area contributed by atoms with E-state index in [-0.39, 0.29) is 0 Å². The van der Waals surface area contributed by atoms with E-state index in [1.165, 1.54) is 6.42 Å². The maximum absolute atomic E-state index is 4.34. The van der Waals surface area contributed by atoms with Crippen LogP contribution in [-0.4, -0.2) is 59.9 Å². The summed E-state index contributed by atoms with van der Waals surface area (Å²) in [5.74, 6) is 1.58. The maximum atomic E-state index is 4.34. The van der Waals surface area contributed by atoms with Gasteiger partial charge in [-0.25, -0.2) is 0 Å². The second-order valence-corrected chi connectivity index (χ2v) is 6.51. The van der Waals surface area contributed by atoms with Gasteiger partial charge in [0.1, 0.15) is 0 Å². The Labute approximate surface area is 147 Å². The molecule has 0 aromatic carbocycles. The highest BCUT2D eigenvalue weighted by Crippen LogP contribution is 2.10. The van der Waals surface area contributed by atoms with Gasteiger partial charge in [0.05, 0.1) is 0 Å². The molecule has 24 heavy (non-hydrogen) atoms. The minimum atomic E-state index is 0.544. The van der Waals surface area contributed by atoms with Crippen molar-refractivity contribution in [2.24, 2.45) is 10.9 Å². The Kier molecular flexibility index (Phi) is 10.2.